The SMILES string of the molecule is CN(C)S(=O)(=O)c1c(F)cccc1C(N)=O. The van der Waals surface area contributed by atoms with E-state index in [4.69, 9.17) is 5.73 Å². The maximum Gasteiger partial charge on any atom is 0.250 e. The molecule has 0 unspecified atom stereocenters. The van der Waals surface area contributed by atoms with Gasteiger partial charge in [0.2, 0.25) is 15.9 Å². The Balaban J connectivity index is 3.62. The van der Waals surface area contributed by atoms with Crippen LogP contribution in [0, 0.1) is 5.82 Å². The van der Waals surface area contributed by atoms with Gasteiger partial charge in [-0.15, -0.1) is 0 Å². The third-order valence-corrected chi connectivity index (χ3v) is 3.86. The van der Waals surface area contributed by atoms with Gasteiger partial charge < -0.3 is 5.73 Å². The Bertz CT molecular complexity index is 526. The van der Waals surface area contributed by atoms with Crippen molar-refractivity contribution in [1.82, 2.24) is 4.31 Å². The van der Waals surface area contributed by atoms with Crippen LogP contribution in [0.4, 0.5) is 4.39 Å². The van der Waals surface area contributed by atoms with E-state index < -0.39 is 26.6 Å². The molecule has 0 aliphatic carbocycles. The molecule has 0 saturated carbocycles. The van der Waals surface area contributed by atoms with Crippen molar-refractivity contribution in [3.8, 4) is 0 Å². The largest absolute Gasteiger partial charge is 0.366 e. The van der Waals surface area contributed by atoms with E-state index in [1.165, 1.54) is 26.2 Å². The second-order valence-electron chi connectivity index (χ2n) is 3.27. The zero-order chi connectivity index (χ0) is 12.5. The number of rotatable bonds is 3. The Hall–Kier alpha value is -1.47. The van der Waals surface area contributed by atoms with Crippen LogP contribution in [0.3, 0.4) is 0 Å². The molecule has 0 aromatic heterocycles. The van der Waals surface area contributed by atoms with Gasteiger partial charge >= 0.3 is 0 Å². The van der Waals surface area contributed by atoms with Crippen molar-refractivity contribution in [2.45, 2.75) is 4.90 Å². The van der Waals surface area contributed by atoms with E-state index in [2.05, 4.69) is 0 Å². The van der Waals surface area contributed by atoms with Gasteiger partial charge in [-0.1, -0.05) is 6.07 Å². The van der Waals surface area contributed by atoms with Crippen molar-refractivity contribution in [3.05, 3.63) is 29.6 Å². The average Bonchev–Trinajstić information content (AvgIpc) is 2.16. The highest BCUT2D eigenvalue weighted by Crippen LogP contribution is 2.21. The van der Waals surface area contributed by atoms with Crippen LogP contribution in [0.15, 0.2) is 23.1 Å². The summed E-state index contributed by atoms with van der Waals surface area (Å²) >= 11 is 0. The highest BCUT2D eigenvalue weighted by molar-refractivity contribution is 7.89. The second kappa shape index (κ2) is 4.18. The van der Waals surface area contributed by atoms with E-state index in [1.54, 1.807) is 0 Å². The maximum atomic E-state index is 13.5. The summed E-state index contributed by atoms with van der Waals surface area (Å²) < 4.78 is 37.8. The smallest absolute Gasteiger partial charge is 0.250 e. The first kappa shape index (κ1) is 12.6. The van der Waals surface area contributed by atoms with Crippen molar-refractivity contribution < 1.29 is 17.6 Å². The lowest BCUT2D eigenvalue weighted by Crippen LogP contribution is -2.27. The molecule has 1 rings (SSSR count). The number of carbonyl (C=O) groups is 1. The lowest BCUT2D eigenvalue weighted by molar-refractivity contribution is 0.0996. The molecule has 0 fully saturated rings. The van der Waals surface area contributed by atoms with Crippen molar-refractivity contribution in [3.63, 3.8) is 0 Å². The summed E-state index contributed by atoms with van der Waals surface area (Å²) in [5.74, 6) is -1.98. The average molecular weight is 246 g/mol. The Morgan fingerprint density at radius 1 is 1.38 bits per heavy atom. The van der Waals surface area contributed by atoms with Crippen LogP contribution in [0.1, 0.15) is 10.4 Å². The molecular formula is C9H11FN2O3S. The summed E-state index contributed by atoms with van der Waals surface area (Å²) in [4.78, 5) is 10.3. The van der Waals surface area contributed by atoms with Crippen LogP contribution in [0.5, 0.6) is 0 Å². The quantitative estimate of drug-likeness (QED) is 0.825. The molecule has 2 N–H and O–H groups in total. The van der Waals surface area contributed by atoms with Crippen molar-refractivity contribution in [2.75, 3.05) is 14.1 Å². The second-order valence-corrected chi connectivity index (χ2v) is 5.36. The first-order chi connectivity index (χ1) is 7.28. The fourth-order valence-corrected chi connectivity index (χ4v) is 2.27. The number of nitrogens with two attached hydrogens (primary N) is 1. The number of primary amides is 1. The van der Waals surface area contributed by atoms with Crippen LogP contribution in [0.2, 0.25) is 0 Å². The highest BCUT2D eigenvalue weighted by Gasteiger charge is 2.27. The normalized spacial score (nSPS) is 11.8. The minimum Gasteiger partial charge on any atom is -0.366 e. The third-order valence-electron chi connectivity index (χ3n) is 1.97. The molecule has 88 valence electrons. The van der Waals surface area contributed by atoms with Gasteiger partial charge in [-0.05, 0) is 12.1 Å². The van der Waals surface area contributed by atoms with Crippen LogP contribution in [0.25, 0.3) is 0 Å². The first-order valence-corrected chi connectivity index (χ1v) is 5.73. The Kier molecular flexibility index (Phi) is 3.30. The van der Waals surface area contributed by atoms with E-state index in [0.29, 0.717) is 0 Å². The van der Waals surface area contributed by atoms with Crippen molar-refractivity contribution >= 4 is 15.9 Å². The van der Waals surface area contributed by atoms with Gasteiger partial charge in [-0.3, -0.25) is 4.79 Å². The molecule has 1 aromatic carbocycles. The molecule has 1 amide bonds. The van der Waals surface area contributed by atoms with Gasteiger partial charge in [0.25, 0.3) is 0 Å². The molecule has 0 spiro atoms. The molecule has 16 heavy (non-hydrogen) atoms. The summed E-state index contributed by atoms with van der Waals surface area (Å²) in [6, 6.07) is 3.36. The number of carbonyl (C=O) groups excluding carboxylic acids is 1. The Labute approximate surface area is 92.7 Å². The molecule has 0 aliphatic heterocycles. The predicted molar refractivity (Wildman–Crippen MR) is 55.8 cm³/mol. The lowest BCUT2D eigenvalue weighted by atomic mass is 10.2. The molecule has 5 nitrogen and oxygen atoms in total. The maximum absolute atomic E-state index is 13.5. The number of hydrogen-bond donors (Lipinski definition) is 1. The first-order valence-electron chi connectivity index (χ1n) is 4.29. The summed E-state index contributed by atoms with van der Waals surface area (Å²) in [7, 11) is -1.54. The minimum absolute atomic E-state index is 0.353. The molecule has 7 heteroatoms. The zero-order valence-corrected chi connectivity index (χ0v) is 9.58. The van der Waals surface area contributed by atoms with E-state index in [9.17, 15) is 17.6 Å². The summed E-state index contributed by atoms with van der Waals surface area (Å²) in [6.45, 7) is 0. The highest BCUT2D eigenvalue weighted by atomic mass is 32.2. The van der Waals surface area contributed by atoms with Gasteiger partial charge in [-0.2, -0.15) is 0 Å². The monoisotopic (exact) mass is 246 g/mol. The molecule has 1 aromatic rings. The van der Waals surface area contributed by atoms with E-state index in [1.807, 2.05) is 0 Å². The Morgan fingerprint density at radius 2 is 1.94 bits per heavy atom. The van der Waals surface area contributed by atoms with Gasteiger partial charge in [-0.25, -0.2) is 17.1 Å². The number of amides is 1. The topological polar surface area (TPSA) is 80.5 Å². The van der Waals surface area contributed by atoms with Crippen LogP contribution >= 0.6 is 0 Å². The standard InChI is InChI=1S/C9H11FN2O3S/c1-12(2)16(14,15)8-6(9(11)13)4-3-5-7(8)10/h3-5H,1-2H3,(H2,11,13). The summed E-state index contributed by atoms with van der Waals surface area (Å²) in [6.07, 6.45) is 0. The molecule has 0 radical (unpaired) electrons. The molecule has 0 bridgehead atoms. The molecular weight excluding hydrogens is 235 g/mol. The molecule has 0 aliphatic rings. The van der Waals surface area contributed by atoms with E-state index in [-0.39, 0.29) is 5.56 Å². The van der Waals surface area contributed by atoms with Crippen molar-refractivity contribution in [1.29, 1.82) is 0 Å². The van der Waals surface area contributed by atoms with Gasteiger partial charge in [0.05, 0.1) is 5.56 Å². The fourth-order valence-electron chi connectivity index (χ4n) is 1.15. The Morgan fingerprint density at radius 3 is 2.38 bits per heavy atom. The number of benzene rings is 1. The van der Waals surface area contributed by atoms with Crippen LogP contribution in [-0.2, 0) is 10.0 Å². The lowest BCUT2D eigenvalue weighted by Gasteiger charge is -2.14. The number of sulfonamides is 1. The van der Waals surface area contributed by atoms with Crippen LogP contribution in [-0.4, -0.2) is 32.7 Å². The molecule has 0 heterocycles. The number of hydrogen-bond acceptors (Lipinski definition) is 3. The number of halogens is 1. The predicted octanol–water partition coefficient (Wildman–Crippen LogP) is 0.175. The molecule has 0 atom stereocenters. The number of nitrogens with zero attached hydrogens (tertiary/aromatic N) is 1. The zero-order valence-electron chi connectivity index (χ0n) is 8.77. The summed E-state index contributed by atoms with van der Waals surface area (Å²) in [5.41, 5.74) is 4.64. The van der Waals surface area contributed by atoms with Gasteiger partial charge in [0, 0.05) is 14.1 Å². The fraction of sp³-hybridized carbons (Fsp3) is 0.222. The van der Waals surface area contributed by atoms with E-state index in [0.717, 1.165) is 10.4 Å². The molecule has 0 saturated heterocycles. The van der Waals surface area contributed by atoms with Crippen LogP contribution < -0.4 is 5.73 Å². The third kappa shape index (κ3) is 2.05. The minimum atomic E-state index is -4.03. The summed E-state index contributed by atoms with van der Waals surface area (Å²) in [5, 5.41) is 0. The van der Waals surface area contributed by atoms with Crippen molar-refractivity contribution in [2.24, 2.45) is 5.73 Å². The van der Waals surface area contributed by atoms with Gasteiger partial charge in [0.1, 0.15) is 10.7 Å². The van der Waals surface area contributed by atoms with E-state index >= 15 is 0 Å². The van der Waals surface area contributed by atoms with Gasteiger partial charge in [0.15, 0.2) is 0 Å².